The van der Waals surface area contributed by atoms with E-state index in [1.165, 1.54) is 10.8 Å². The van der Waals surface area contributed by atoms with Crippen LogP contribution in [-0.4, -0.2) is 71.5 Å². The molecule has 0 bridgehead atoms. The van der Waals surface area contributed by atoms with E-state index in [1.807, 2.05) is 38.1 Å². The molecule has 2 aromatic carbocycles. The molecular formula is C34H46N2O4. The van der Waals surface area contributed by atoms with Crippen LogP contribution < -0.4 is 0 Å². The fourth-order valence-electron chi connectivity index (χ4n) is 6.03. The normalized spacial score (nSPS) is 19.5. The first-order valence-electron chi connectivity index (χ1n) is 15.2. The summed E-state index contributed by atoms with van der Waals surface area (Å²) in [5.74, 6) is 3.37. The number of para-hydroxylation sites is 2. The van der Waals surface area contributed by atoms with Crippen LogP contribution in [0.1, 0.15) is 75.7 Å². The van der Waals surface area contributed by atoms with Crippen LogP contribution in [0.5, 0.6) is 0 Å². The summed E-state index contributed by atoms with van der Waals surface area (Å²) in [4.78, 5) is 4.90. The Morgan fingerprint density at radius 1 is 0.650 bits per heavy atom. The van der Waals surface area contributed by atoms with E-state index in [2.05, 4.69) is 46.2 Å². The van der Waals surface area contributed by atoms with E-state index >= 15 is 0 Å². The molecule has 0 spiro atoms. The van der Waals surface area contributed by atoms with E-state index in [9.17, 15) is 10.2 Å². The van der Waals surface area contributed by atoms with Crippen molar-refractivity contribution in [1.29, 1.82) is 0 Å². The summed E-state index contributed by atoms with van der Waals surface area (Å²) in [6.45, 7) is 10.2. The molecule has 6 rings (SSSR count). The average molecular weight is 547 g/mol. The third kappa shape index (κ3) is 7.76. The molecule has 0 aliphatic carbocycles. The second-order valence-electron chi connectivity index (χ2n) is 11.9. The van der Waals surface area contributed by atoms with Crippen LogP contribution in [0.3, 0.4) is 0 Å². The second kappa shape index (κ2) is 13.8. The smallest absolute Gasteiger partial charge is 0.134 e. The Kier molecular flexibility index (Phi) is 9.97. The standard InChI is InChI=1S/2C17H23NO2/c2*1-13(19)6-9-18-10-7-14(8-11-18)17-12-15-4-2-3-5-16(15)20-17/h2*2-5,12-14,19H,6-11H2,1H3. The predicted octanol–water partition coefficient (Wildman–Crippen LogP) is 6.77. The van der Waals surface area contributed by atoms with Gasteiger partial charge in [-0.1, -0.05) is 36.4 Å². The fourth-order valence-corrected chi connectivity index (χ4v) is 6.03. The highest BCUT2D eigenvalue weighted by Crippen LogP contribution is 2.33. The first kappa shape index (κ1) is 28.9. The van der Waals surface area contributed by atoms with Crippen molar-refractivity contribution in [2.45, 2.75) is 76.4 Å². The summed E-state index contributed by atoms with van der Waals surface area (Å²) in [6.07, 6.45) is 5.97. The number of benzene rings is 2. The molecule has 2 fully saturated rings. The maximum Gasteiger partial charge on any atom is 0.134 e. The molecule has 2 atom stereocenters. The molecule has 4 heterocycles. The lowest BCUT2D eigenvalue weighted by atomic mass is 9.94. The number of likely N-dealkylation sites (tertiary alicyclic amines) is 2. The molecule has 2 unspecified atom stereocenters. The monoisotopic (exact) mass is 546 g/mol. The molecule has 40 heavy (non-hydrogen) atoms. The third-order valence-corrected chi connectivity index (χ3v) is 8.60. The zero-order valence-electron chi connectivity index (χ0n) is 24.2. The number of aliphatic hydroxyl groups excluding tert-OH is 2. The van der Waals surface area contributed by atoms with Gasteiger partial charge < -0.3 is 28.8 Å². The van der Waals surface area contributed by atoms with Gasteiger partial charge >= 0.3 is 0 Å². The van der Waals surface area contributed by atoms with E-state index in [-0.39, 0.29) is 12.2 Å². The number of fused-ring (bicyclic) bond motifs is 2. The van der Waals surface area contributed by atoms with Crippen molar-refractivity contribution in [2.75, 3.05) is 39.3 Å². The highest BCUT2D eigenvalue weighted by atomic mass is 16.3. The number of piperidine rings is 2. The molecule has 0 saturated carbocycles. The molecule has 216 valence electrons. The van der Waals surface area contributed by atoms with E-state index in [0.717, 1.165) is 100 Å². The van der Waals surface area contributed by atoms with Crippen LogP contribution in [0.25, 0.3) is 21.9 Å². The van der Waals surface area contributed by atoms with Crippen LogP contribution in [-0.2, 0) is 0 Å². The third-order valence-electron chi connectivity index (χ3n) is 8.60. The summed E-state index contributed by atoms with van der Waals surface area (Å²) in [5, 5.41) is 21.1. The van der Waals surface area contributed by atoms with Crippen LogP contribution in [0.4, 0.5) is 0 Å². The van der Waals surface area contributed by atoms with Gasteiger partial charge in [0.2, 0.25) is 0 Å². The SMILES string of the molecule is CC(O)CCN1CCC(c2cc3ccccc3o2)CC1.CC(O)CCN1CCC(c2cc3ccccc3o2)CC1. The van der Waals surface area contributed by atoms with E-state index in [1.54, 1.807) is 0 Å². The van der Waals surface area contributed by atoms with Gasteiger partial charge in [0, 0.05) is 35.7 Å². The lowest BCUT2D eigenvalue weighted by molar-refractivity contribution is 0.140. The van der Waals surface area contributed by atoms with Gasteiger partial charge in [0.15, 0.2) is 0 Å². The zero-order chi connectivity index (χ0) is 27.9. The minimum atomic E-state index is -0.192. The topological polar surface area (TPSA) is 73.2 Å². The molecule has 2 aliphatic heterocycles. The molecule has 4 aromatic rings. The molecule has 6 nitrogen and oxygen atoms in total. The summed E-state index contributed by atoms with van der Waals surface area (Å²) < 4.78 is 12.0. The average Bonchev–Trinajstić information content (AvgIpc) is 3.61. The second-order valence-corrected chi connectivity index (χ2v) is 11.9. The lowest BCUT2D eigenvalue weighted by Gasteiger charge is -2.31. The molecule has 0 radical (unpaired) electrons. The molecule has 2 aromatic heterocycles. The Bertz CT molecular complexity index is 1140. The Balaban J connectivity index is 0.000000161. The highest BCUT2D eigenvalue weighted by molar-refractivity contribution is 5.78. The number of aliphatic hydroxyl groups is 2. The summed E-state index contributed by atoms with van der Waals surface area (Å²) in [7, 11) is 0. The van der Waals surface area contributed by atoms with Crippen LogP contribution in [0, 0.1) is 0 Å². The number of nitrogens with zero attached hydrogens (tertiary/aromatic N) is 2. The summed E-state index contributed by atoms with van der Waals surface area (Å²) in [5.41, 5.74) is 2.00. The van der Waals surface area contributed by atoms with E-state index in [4.69, 9.17) is 8.83 Å². The Hall–Kier alpha value is -2.64. The van der Waals surface area contributed by atoms with Gasteiger partial charge in [-0.15, -0.1) is 0 Å². The summed E-state index contributed by atoms with van der Waals surface area (Å²) in [6, 6.07) is 20.9. The minimum Gasteiger partial charge on any atom is -0.461 e. The van der Waals surface area contributed by atoms with Gasteiger partial charge in [0.1, 0.15) is 22.7 Å². The molecule has 2 aliphatic rings. The predicted molar refractivity (Wildman–Crippen MR) is 162 cm³/mol. The van der Waals surface area contributed by atoms with Crippen molar-refractivity contribution in [1.82, 2.24) is 9.80 Å². The van der Waals surface area contributed by atoms with Gasteiger partial charge in [-0.3, -0.25) is 0 Å². The summed E-state index contributed by atoms with van der Waals surface area (Å²) >= 11 is 0. The Labute approximate surface area is 238 Å². The van der Waals surface area contributed by atoms with Crippen molar-refractivity contribution in [3.8, 4) is 0 Å². The maximum atomic E-state index is 9.35. The maximum absolute atomic E-state index is 9.35. The first-order chi connectivity index (χ1) is 19.4. The number of hydrogen-bond acceptors (Lipinski definition) is 6. The molecular weight excluding hydrogens is 500 g/mol. The van der Waals surface area contributed by atoms with Crippen molar-refractivity contribution in [3.63, 3.8) is 0 Å². The zero-order valence-corrected chi connectivity index (χ0v) is 24.2. The first-order valence-corrected chi connectivity index (χ1v) is 15.2. The van der Waals surface area contributed by atoms with Gasteiger partial charge in [0.05, 0.1) is 12.2 Å². The molecule has 0 amide bonds. The van der Waals surface area contributed by atoms with Crippen LogP contribution in [0.2, 0.25) is 0 Å². The van der Waals surface area contributed by atoms with Crippen molar-refractivity contribution < 1.29 is 19.0 Å². The van der Waals surface area contributed by atoms with Crippen molar-refractivity contribution in [3.05, 3.63) is 72.2 Å². The molecule has 6 heteroatoms. The van der Waals surface area contributed by atoms with E-state index < -0.39 is 0 Å². The highest BCUT2D eigenvalue weighted by Gasteiger charge is 2.24. The fraction of sp³-hybridized carbons (Fsp3) is 0.529. The van der Waals surface area contributed by atoms with Gasteiger partial charge in [0.25, 0.3) is 0 Å². The van der Waals surface area contributed by atoms with E-state index in [0.29, 0.717) is 11.8 Å². The van der Waals surface area contributed by atoms with Crippen LogP contribution >= 0.6 is 0 Å². The van der Waals surface area contributed by atoms with Crippen molar-refractivity contribution in [2.24, 2.45) is 0 Å². The quantitative estimate of drug-likeness (QED) is 0.254. The Morgan fingerprint density at radius 2 is 1.02 bits per heavy atom. The number of rotatable bonds is 8. The lowest BCUT2D eigenvalue weighted by Crippen LogP contribution is -2.34. The van der Waals surface area contributed by atoms with Crippen LogP contribution in [0.15, 0.2) is 69.5 Å². The largest absolute Gasteiger partial charge is 0.461 e. The minimum absolute atomic E-state index is 0.192. The van der Waals surface area contributed by atoms with Gasteiger partial charge in [-0.05, 0) is 103 Å². The number of furan rings is 2. The molecule has 2 N–H and O–H groups in total. The van der Waals surface area contributed by atoms with Crippen molar-refractivity contribution >= 4 is 21.9 Å². The number of hydrogen-bond donors (Lipinski definition) is 2. The Morgan fingerprint density at radius 3 is 1.38 bits per heavy atom. The van der Waals surface area contributed by atoms with Gasteiger partial charge in [-0.25, -0.2) is 0 Å². The molecule has 2 saturated heterocycles. The van der Waals surface area contributed by atoms with Gasteiger partial charge in [-0.2, -0.15) is 0 Å².